The average Bonchev–Trinajstić information content (AvgIpc) is 2.96. The second kappa shape index (κ2) is 8.88. The number of rotatable bonds is 6. The Kier molecular flexibility index (Phi) is 6.04. The summed E-state index contributed by atoms with van der Waals surface area (Å²) in [5.41, 5.74) is 2.45. The van der Waals surface area contributed by atoms with E-state index in [-0.39, 0.29) is 17.9 Å². The van der Waals surface area contributed by atoms with E-state index in [1.54, 1.807) is 18.2 Å². The summed E-state index contributed by atoms with van der Waals surface area (Å²) in [5, 5.41) is 5.94. The fourth-order valence-corrected chi connectivity index (χ4v) is 4.87. The molecule has 2 saturated heterocycles. The monoisotopic (exact) mass is 407 g/mol. The number of ether oxygens (including phenoxy) is 1. The Bertz CT molecular complexity index is 901. The molecule has 2 heterocycles. The Morgan fingerprint density at radius 2 is 1.77 bits per heavy atom. The summed E-state index contributed by atoms with van der Waals surface area (Å²) in [5.74, 6) is 0.178. The van der Waals surface area contributed by atoms with E-state index in [1.165, 1.54) is 32.4 Å². The Balaban J connectivity index is 1.40. The number of anilines is 1. The summed E-state index contributed by atoms with van der Waals surface area (Å²) in [4.78, 5) is 26.8. The molecule has 6 nitrogen and oxygen atoms in total. The van der Waals surface area contributed by atoms with Gasteiger partial charge in [-0.3, -0.25) is 14.5 Å². The van der Waals surface area contributed by atoms with Crippen LogP contribution in [0.2, 0.25) is 0 Å². The van der Waals surface area contributed by atoms with E-state index in [1.807, 2.05) is 0 Å². The van der Waals surface area contributed by atoms with Crippen LogP contribution in [0.4, 0.5) is 5.69 Å². The van der Waals surface area contributed by atoms with Gasteiger partial charge in [-0.05, 0) is 43.4 Å². The predicted molar refractivity (Wildman–Crippen MR) is 117 cm³/mol. The first-order chi connectivity index (χ1) is 14.5. The van der Waals surface area contributed by atoms with E-state index in [2.05, 4.69) is 45.9 Å². The maximum atomic E-state index is 12.9. The van der Waals surface area contributed by atoms with Crippen LogP contribution < -0.4 is 15.4 Å². The van der Waals surface area contributed by atoms with Crippen molar-refractivity contribution in [1.29, 1.82) is 0 Å². The van der Waals surface area contributed by atoms with Gasteiger partial charge in [0.2, 0.25) is 5.91 Å². The lowest BCUT2D eigenvalue weighted by Gasteiger charge is -2.39. The first kappa shape index (κ1) is 20.4. The molecular formula is C24H29N3O3. The SMILES string of the molecule is COc1cc(NC(C)=O)ccc1C(=O)NC1CC2CCC(C1)N2Cc1ccccc1. The molecular weight excluding hydrogens is 378 g/mol. The molecule has 6 heteroatoms. The number of carbonyl (C=O) groups excluding carboxylic acids is 2. The minimum absolute atomic E-state index is 0.123. The lowest BCUT2D eigenvalue weighted by Crippen LogP contribution is -2.50. The number of methoxy groups -OCH3 is 1. The van der Waals surface area contributed by atoms with Crippen molar-refractivity contribution in [2.75, 3.05) is 12.4 Å². The first-order valence-corrected chi connectivity index (χ1v) is 10.6. The van der Waals surface area contributed by atoms with E-state index >= 15 is 0 Å². The van der Waals surface area contributed by atoms with E-state index in [9.17, 15) is 9.59 Å². The summed E-state index contributed by atoms with van der Waals surface area (Å²) in [6.07, 6.45) is 4.33. The average molecular weight is 408 g/mol. The van der Waals surface area contributed by atoms with Crippen molar-refractivity contribution in [3.63, 3.8) is 0 Å². The van der Waals surface area contributed by atoms with Gasteiger partial charge in [0.25, 0.3) is 5.91 Å². The molecule has 2 aromatic rings. The van der Waals surface area contributed by atoms with Crippen LogP contribution in [-0.2, 0) is 11.3 Å². The van der Waals surface area contributed by atoms with E-state index in [0.29, 0.717) is 29.1 Å². The minimum Gasteiger partial charge on any atom is -0.496 e. The zero-order valence-corrected chi connectivity index (χ0v) is 17.6. The highest BCUT2D eigenvalue weighted by atomic mass is 16.5. The molecule has 2 aliphatic rings. The van der Waals surface area contributed by atoms with Gasteiger partial charge in [0, 0.05) is 43.3 Å². The zero-order valence-electron chi connectivity index (χ0n) is 17.6. The summed E-state index contributed by atoms with van der Waals surface area (Å²) >= 11 is 0. The highest BCUT2D eigenvalue weighted by Crippen LogP contribution is 2.37. The summed E-state index contributed by atoms with van der Waals surface area (Å²) in [6.45, 7) is 2.43. The number of hydrogen-bond acceptors (Lipinski definition) is 4. The molecule has 30 heavy (non-hydrogen) atoms. The Morgan fingerprint density at radius 3 is 2.40 bits per heavy atom. The number of nitrogens with zero attached hydrogens (tertiary/aromatic N) is 1. The third-order valence-corrected chi connectivity index (χ3v) is 6.19. The number of piperidine rings is 1. The number of benzene rings is 2. The second-order valence-electron chi connectivity index (χ2n) is 8.28. The summed E-state index contributed by atoms with van der Waals surface area (Å²) < 4.78 is 5.40. The molecule has 2 fully saturated rings. The van der Waals surface area contributed by atoms with Crippen molar-refractivity contribution < 1.29 is 14.3 Å². The van der Waals surface area contributed by atoms with Gasteiger partial charge in [-0.1, -0.05) is 30.3 Å². The first-order valence-electron chi connectivity index (χ1n) is 10.6. The molecule has 2 unspecified atom stereocenters. The van der Waals surface area contributed by atoms with Gasteiger partial charge >= 0.3 is 0 Å². The molecule has 2 amide bonds. The molecule has 2 aromatic carbocycles. The standard InChI is InChI=1S/C24H29N3O3/c1-16(28)25-18-8-11-22(23(14-18)30-2)24(29)26-19-12-20-9-10-21(13-19)27(20)15-17-6-4-3-5-7-17/h3-8,11,14,19-21H,9-10,12-13,15H2,1-2H3,(H,25,28)(H,26,29). The van der Waals surface area contributed by atoms with Crippen LogP contribution in [0.1, 0.15) is 48.5 Å². The van der Waals surface area contributed by atoms with Crippen LogP contribution in [0.5, 0.6) is 5.75 Å². The van der Waals surface area contributed by atoms with Gasteiger partial charge in [0.05, 0.1) is 12.7 Å². The number of hydrogen-bond donors (Lipinski definition) is 2. The van der Waals surface area contributed by atoms with Crippen molar-refractivity contribution in [3.05, 3.63) is 59.7 Å². The van der Waals surface area contributed by atoms with Crippen molar-refractivity contribution in [2.24, 2.45) is 0 Å². The predicted octanol–water partition coefficient (Wildman–Crippen LogP) is 3.58. The van der Waals surface area contributed by atoms with Crippen molar-refractivity contribution in [1.82, 2.24) is 10.2 Å². The third-order valence-electron chi connectivity index (χ3n) is 6.19. The highest BCUT2D eigenvalue weighted by molar-refractivity contribution is 5.98. The Morgan fingerprint density at radius 1 is 1.07 bits per heavy atom. The van der Waals surface area contributed by atoms with Crippen LogP contribution >= 0.6 is 0 Å². The molecule has 0 spiro atoms. The van der Waals surface area contributed by atoms with Gasteiger partial charge in [0.1, 0.15) is 5.75 Å². The lowest BCUT2D eigenvalue weighted by atomic mass is 9.96. The second-order valence-corrected chi connectivity index (χ2v) is 8.28. The smallest absolute Gasteiger partial charge is 0.255 e. The van der Waals surface area contributed by atoms with E-state index < -0.39 is 0 Å². The van der Waals surface area contributed by atoms with Gasteiger partial charge in [-0.2, -0.15) is 0 Å². The molecule has 4 rings (SSSR count). The topological polar surface area (TPSA) is 70.7 Å². The Labute approximate surface area is 177 Å². The maximum absolute atomic E-state index is 12.9. The number of carbonyl (C=O) groups is 2. The van der Waals surface area contributed by atoms with Gasteiger partial charge in [-0.15, -0.1) is 0 Å². The largest absolute Gasteiger partial charge is 0.496 e. The number of nitrogens with one attached hydrogen (secondary N) is 2. The summed E-state index contributed by atoms with van der Waals surface area (Å²) in [6, 6.07) is 16.9. The van der Waals surface area contributed by atoms with Crippen LogP contribution in [0, 0.1) is 0 Å². The number of fused-ring (bicyclic) bond motifs is 2. The minimum atomic E-state index is -0.160. The van der Waals surface area contributed by atoms with Gasteiger partial charge in [0.15, 0.2) is 0 Å². The molecule has 0 aliphatic carbocycles. The fraction of sp³-hybridized carbons (Fsp3) is 0.417. The molecule has 0 radical (unpaired) electrons. The molecule has 2 aliphatic heterocycles. The van der Waals surface area contributed by atoms with Crippen molar-refractivity contribution >= 4 is 17.5 Å². The van der Waals surface area contributed by atoms with Crippen LogP contribution in [0.15, 0.2) is 48.5 Å². The van der Waals surface area contributed by atoms with E-state index in [4.69, 9.17) is 4.74 Å². The van der Waals surface area contributed by atoms with Crippen LogP contribution in [0.3, 0.4) is 0 Å². The summed E-state index contributed by atoms with van der Waals surface area (Å²) in [7, 11) is 1.53. The third kappa shape index (κ3) is 4.49. The number of amides is 2. The molecule has 2 atom stereocenters. The fourth-order valence-electron chi connectivity index (χ4n) is 4.87. The quantitative estimate of drug-likeness (QED) is 0.768. The molecule has 2 bridgehead atoms. The van der Waals surface area contributed by atoms with Crippen LogP contribution in [-0.4, -0.2) is 41.9 Å². The molecule has 2 N–H and O–H groups in total. The molecule has 0 aromatic heterocycles. The highest BCUT2D eigenvalue weighted by Gasteiger charge is 2.41. The Hall–Kier alpha value is -2.86. The van der Waals surface area contributed by atoms with Gasteiger partial charge in [-0.25, -0.2) is 0 Å². The molecule has 0 saturated carbocycles. The van der Waals surface area contributed by atoms with E-state index in [0.717, 1.165) is 19.4 Å². The zero-order chi connectivity index (χ0) is 21.1. The molecule has 158 valence electrons. The lowest BCUT2D eigenvalue weighted by molar-refractivity contribution is -0.114. The van der Waals surface area contributed by atoms with Crippen molar-refractivity contribution in [3.8, 4) is 5.75 Å². The van der Waals surface area contributed by atoms with Crippen molar-refractivity contribution in [2.45, 2.75) is 57.3 Å². The van der Waals surface area contributed by atoms with Crippen LogP contribution in [0.25, 0.3) is 0 Å². The normalized spacial score (nSPS) is 23.1. The maximum Gasteiger partial charge on any atom is 0.255 e. The van der Waals surface area contributed by atoms with Gasteiger partial charge < -0.3 is 15.4 Å².